The standard InChI is InChI=1S/C10H20N2O4/c1-2-3-4-11-10(16)7-9(15)8(14)6(13)5-12-7/h6-9,12-15H,2-5H2,1H3,(H,11,16)/t6-,7+,8+,9+/m0/s1. The normalized spacial score (nSPS) is 34.8. The van der Waals surface area contributed by atoms with Gasteiger partial charge in [-0.3, -0.25) is 4.79 Å². The van der Waals surface area contributed by atoms with Crippen molar-refractivity contribution in [3.8, 4) is 0 Å². The Labute approximate surface area is 94.7 Å². The molecule has 0 aliphatic carbocycles. The predicted molar refractivity (Wildman–Crippen MR) is 57.7 cm³/mol. The van der Waals surface area contributed by atoms with E-state index < -0.39 is 24.4 Å². The minimum atomic E-state index is -1.27. The molecular formula is C10H20N2O4. The van der Waals surface area contributed by atoms with Crippen LogP contribution >= 0.6 is 0 Å². The molecule has 0 aromatic heterocycles. The van der Waals surface area contributed by atoms with Crippen LogP contribution in [-0.4, -0.2) is 58.7 Å². The highest BCUT2D eigenvalue weighted by atomic mass is 16.4. The molecule has 1 saturated heterocycles. The Morgan fingerprint density at radius 2 is 2.06 bits per heavy atom. The number of carbonyl (C=O) groups is 1. The summed E-state index contributed by atoms with van der Waals surface area (Å²) in [5.41, 5.74) is 0. The van der Waals surface area contributed by atoms with Gasteiger partial charge in [0.2, 0.25) is 5.91 Å². The molecule has 0 radical (unpaired) electrons. The van der Waals surface area contributed by atoms with Crippen molar-refractivity contribution in [2.75, 3.05) is 13.1 Å². The van der Waals surface area contributed by atoms with Gasteiger partial charge in [0, 0.05) is 13.1 Å². The van der Waals surface area contributed by atoms with Gasteiger partial charge in [0.05, 0.1) is 6.10 Å². The Balaban J connectivity index is 2.43. The van der Waals surface area contributed by atoms with E-state index in [1.807, 2.05) is 6.92 Å². The van der Waals surface area contributed by atoms with Gasteiger partial charge in [0.15, 0.2) is 0 Å². The van der Waals surface area contributed by atoms with Crippen LogP contribution in [0.25, 0.3) is 0 Å². The molecule has 1 aliphatic heterocycles. The SMILES string of the molecule is CCCCNC(=O)[C@@H]1NC[C@H](O)[C@@H](O)[C@@H]1O. The zero-order valence-electron chi connectivity index (χ0n) is 9.39. The maximum Gasteiger partial charge on any atom is 0.239 e. The third-order valence-electron chi connectivity index (χ3n) is 2.74. The molecule has 5 N–H and O–H groups in total. The molecule has 0 aromatic carbocycles. The van der Waals surface area contributed by atoms with Crippen molar-refractivity contribution in [2.24, 2.45) is 0 Å². The molecular weight excluding hydrogens is 212 g/mol. The lowest BCUT2D eigenvalue weighted by Gasteiger charge is -2.35. The van der Waals surface area contributed by atoms with Crippen molar-refractivity contribution < 1.29 is 20.1 Å². The molecule has 1 rings (SSSR count). The van der Waals surface area contributed by atoms with E-state index in [9.17, 15) is 20.1 Å². The fraction of sp³-hybridized carbons (Fsp3) is 0.900. The van der Waals surface area contributed by atoms with Crippen molar-refractivity contribution in [2.45, 2.75) is 44.1 Å². The largest absolute Gasteiger partial charge is 0.389 e. The average Bonchev–Trinajstić information content (AvgIpc) is 2.26. The molecule has 1 heterocycles. The maximum atomic E-state index is 11.6. The Morgan fingerprint density at radius 1 is 1.38 bits per heavy atom. The number of carbonyl (C=O) groups excluding carboxylic acids is 1. The molecule has 0 aromatic rings. The quantitative estimate of drug-likeness (QED) is 0.359. The summed E-state index contributed by atoms with van der Waals surface area (Å²) in [6.07, 6.45) is -1.73. The third-order valence-corrected chi connectivity index (χ3v) is 2.74. The summed E-state index contributed by atoms with van der Waals surface area (Å²) in [5.74, 6) is -0.341. The van der Waals surface area contributed by atoms with Crippen LogP contribution in [0.4, 0.5) is 0 Å². The topological polar surface area (TPSA) is 102 Å². The summed E-state index contributed by atoms with van der Waals surface area (Å²) in [7, 11) is 0. The Hall–Kier alpha value is -0.690. The summed E-state index contributed by atoms with van der Waals surface area (Å²) in [4.78, 5) is 11.6. The van der Waals surface area contributed by atoms with Crippen LogP contribution in [0.15, 0.2) is 0 Å². The minimum Gasteiger partial charge on any atom is -0.389 e. The van der Waals surface area contributed by atoms with E-state index in [1.165, 1.54) is 0 Å². The van der Waals surface area contributed by atoms with E-state index in [2.05, 4.69) is 10.6 Å². The van der Waals surface area contributed by atoms with Crippen LogP contribution in [0, 0.1) is 0 Å². The van der Waals surface area contributed by atoms with Gasteiger partial charge in [-0.15, -0.1) is 0 Å². The highest BCUT2D eigenvalue weighted by Crippen LogP contribution is 2.10. The lowest BCUT2D eigenvalue weighted by Crippen LogP contribution is -2.64. The van der Waals surface area contributed by atoms with Gasteiger partial charge in [0.1, 0.15) is 18.2 Å². The van der Waals surface area contributed by atoms with Crippen LogP contribution in [0.2, 0.25) is 0 Å². The van der Waals surface area contributed by atoms with Crippen LogP contribution in [-0.2, 0) is 4.79 Å². The zero-order chi connectivity index (χ0) is 12.1. The van der Waals surface area contributed by atoms with Crippen LogP contribution in [0.5, 0.6) is 0 Å². The average molecular weight is 232 g/mol. The van der Waals surface area contributed by atoms with Gasteiger partial charge in [-0.2, -0.15) is 0 Å². The third kappa shape index (κ3) is 3.15. The monoisotopic (exact) mass is 232 g/mol. The van der Waals surface area contributed by atoms with E-state index in [-0.39, 0.29) is 12.5 Å². The summed E-state index contributed by atoms with van der Waals surface area (Å²) in [5, 5.41) is 33.6. The Bertz CT molecular complexity index is 237. The second-order valence-electron chi connectivity index (χ2n) is 4.08. The minimum absolute atomic E-state index is 0.101. The van der Waals surface area contributed by atoms with E-state index in [0.29, 0.717) is 6.54 Å². The highest BCUT2D eigenvalue weighted by molar-refractivity contribution is 5.82. The number of hydrogen-bond donors (Lipinski definition) is 5. The second-order valence-corrected chi connectivity index (χ2v) is 4.08. The highest BCUT2D eigenvalue weighted by Gasteiger charge is 2.39. The zero-order valence-corrected chi connectivity index (χ0v) is 9.39. The number of nitrogens with one attached hydrogen (secondary N) is 2. The number of hydrogen-bond acceptors (Lipinski definition) is 5. The van der Waals surface area contributed by atoms with Gasteiger partial charge in [-0.1, -0.05) is 13.3 Å². The first-order chi connectivity index (χ1) is 7.57. The molecule has 94 valence electrons. The molecule has 0 bridgehead atoms. The van der Waals surface area contributed by atoms with Crippen LogP contribution < -0.4 is 10.6 Å². The second kappa shape index (κ2) is 6.15. The van der Waals surface area contributed by atoms with Gasteiger partial charge >= 0.3 is 0 Å². The number of aliphatic hydroxyl groups is 3. The first kappa shape index (κ1) is 13.4. The van der Waals surface area contributed by atoms with Crippen molar-refractivity contribution >= 4 is 5.91 Å². The van der Waals surface area contributed by atoms with Crippen LogP contribution in [0.3, 0.4) is 0 Å². The fourth-order valence-corrected chi connectivity index (χ4v) is 1.66. The van der Waals surface area contributed by atoms with Crippen LogP contribution in [0.1, 0.15) is 19.8 Å². The molecule has 0 saturated carbocycles. The lowest BCUT2D eigenvalue weighted by molar-refractivity contribution is -0.137. The van der Waals surface area contributed by atoms with E-state index >= 15 is 0 Å². The number of amides is 1. The number of rotatable bonds is 4. The number of β-amino-alcohol motifs (C(OH)–C–C–N with tert-alkyl or cyclic N) is 1. The molecule has 4 atom stereocenters. The molecule has 6 nitrogen and oxygen atoms in total. The molecule has 1 fully saturated rings. The summed E-state index contributed by atoms with van der Waals surface area (Å²) >= 11 is 0. The molecule has 6 heteroatoms. The van der Waals surface area contributed by atoms with Gasteiger partial charge < -0.3 is 26.0 Å². The lowest BCUT2D eigenvalue weighted by atomic mass is 9.95. The summed E-state index contributed by atoms with van der Waals surface area (Å²) < 4.78 is 0. The van der Waals surface area contributed by atoms with Gasteiger partial charge in [-0.05, 0) is 6.42 Å². The van der Waals surface area contributed by atoms with Gasteiger partial charge in [-0.25, -0.2) is 0 Å². The van der Waals surface area contributed by atoms with E-state index in [1.54, 1.807) is 0 Å². The van der Waals surface area contributed by atoms with Crippen molar-refractivity contribution in [3.05, 3.63) is 0 Å². The molecule has 1 aliphatic rings. The number of aliphatic hydroxyl groups excluding tert-OH is 3. The van der Waals surface area contributed by atoms with Crippen molar-refractivity contribution in [1.82, 2.24) is 10.6 Å². The Morgan fingerprint density at radius 3 is 2.69 bits per heavy atom. The van der Waals surface area contributed by atoms with Crippen molar-refractivity contribution in [1.29, 1.82) is 0 Å². The molecule has 1 amide bonds. The number of piperidine rings is 1. The Kier molecular flexibility index (Phi) is 5.14. The first-order valence-corrected chi connectivity index (χ1v) is 5.63. The van der Waals surface area contributed by atoms with E-state index in [4.69, 9.17) is 0 Å². The molecule has 0 unspecified atom stereocenters. The van der Waals surface area contributed by atoms with E-state index in [0.717, 1.165) is 12.8 Å². The summed E-state index contributed by atoms with van der Waals surface area (Å²) in [6.45, 7) is 2.67. The first-order valence-electron chi connectivity index (χ1n) is 5.63. The fourth-order valence-electron chi connectivity index (χ4n) is 1.66. The predicted octanol–water partition coefficient (Wildman–Crippen LogP) is -2.04. The smallest absolute Gasteiger partial charge is 0.239 e. The molecule has 0 spiro atoms. The van der Waals surface area contributed by atoms with Gasteiger partial charge in [0.25, 0.3) is 0 Å². The summed E-state index contributed by atoms with van der Waals surface area (Å²) in [6, 6.07) is -0.852. The molecule has 16 heavy (non-hydrogen) atoms. The number of unbranched alkanes of at least 4 members (excludes halogenated alkanes) is 1. The van der Waals surface area contributed by atoms with Crippen molar-refractivity contribution in [3.63, 3.8) is 0 Å². The maximum absolute atomic E-state index is 11.6.